The highest BCUT2D eigenvalue weighted by atomic mass is 16.1. The first-order valence-corrected chi connectivity index (χ1v) is 4.39. The minimum atomic E-state index is -0.210. The van der Waals surface area contributed by atoms with Crippen LogP contribution in [0, 0.1) is 13.8 Å². The average molecular weight is 189 g/mol. The Balaban J connectivity index is 2.68. The number of H-pyrrole nitrogens is 1. The SMILES string of the molecule is Cc1ccc(C)c(-n2nc[nH]c2=O)c1. The van der Waals surface area contributed by atoms with E-state index in [0.29, 0.717) is 0 Å². The van der Waals surface area contributed by atoms with Crippen molar-refractivity contribution in [2.24, 2.45) is 0 Å². The molecular formula is C10H11N3O. The maximum absolute atomic E-state index is 11.3. The first kappa shape index (κ1) is 8.74. The summed E-state index contributed by atoms with van der Waals surface area (Å²) in [5.74, 6) is 0. The Morgan fingerprint density at radius 1 is 1.36 bits per heavy atom. The Labute approximate surface area is 81.2 Å². The summed E-state index contributed by atoms with van der Waals surface area (Å²) in [6, 6.07) is 5.93. The van der Waals surface area contributed by atoms with Gasteiger partial charge >= 0.3 is 5.69 Å². The number of rotatable bonds is 1. The number of benzene rings is 1. The fourth-order valence-corrected chi connectivity index (χ4v) is 1.37. The number of aromatic amines is 1. The monoisotopic (exact) mass is 189 g/mol. The van der Waals surface area contributed by atoms with Crippen LogP contribution in [0.15, 0.2) is 29.3 Å². The summed E-state index contributed by atoms with van der Waals surface area (Å²) < 4.78 is 1.36. The lowest BCUT2D eigenvalue weighted by atomic mass is 10.1. The zero-order chi connectivity index (χ0) is 10.1. The van der Waals surface area contributed by atoms with Crippen molar-refractivity contribution in [1.82, 2.24) is 14.8 Å². The van der Waals surface area contributed by atoms with E-state index >= 15 is 0 Å². The molecule has 0 bridgehead atoms. The van der Waals surface area contributed by atoms with Crippen LogP contribution < -0.4 is 5.69 Å². The van der Waals surface area contributed by atoms with Crippen molar-refractivity contribution in [3.8, 4) is 5.69 Å². The molecule has 4 nitrogen and oxygen atoms in total. The van der Waals surface area contributed by atoms with E-state index in [-0.39, 0.29) is 5.69 Å². The zero-order valence-corrected chi connectivity index (χ0v) is 8.11. The third-order valence-corrected chi connectivity index (χ3v) is 2.15. The molecule has 1 N–H and O–H groups in total. The van der Waals surface area contributed by atoms with Gasteiger partial charge in [-0.05, 0) is 31.0 Å². The van der Waals surface area contributed by atoms with Gasteiger partial charge in [-0.15, -0.1) is 0 Å². The van der Waals surface area contributed by atoms with E-state index in [9.17, 15) is 4.79 Å². The summed E-state index contributed by atoms with van der Waals surface area (Å²) in [4.78, 5) is 13.8. The van der Waals surface area contributed by atoms with Crippen LogP contribution in [0.4, 0.5) is 0 Å². The predicted octanol–water partition coefficient (Wildman–Crippen LogP) is 1.18. The first-order valence-electron chi connectivity index (χ1n) is 4.39. The number of aromatic nitrogens is 3. The fourth-order valence-electron chi connectivity index (χ4n) is 1.37. The standard InChI is InChI=1S/C10H11N3O/c1-7-3-4-8(2)9(5-7)13-10(14)11-6-12-13/h3-6H,1-2H3,(H,11,12,14). The van der Waals surface area contributed by atoms with E-state index in [0.717, 1.165) is 16.8 Å². The highest BCUT2D eigenvalue weighted by Crippen LogP contribution is 2.12. The summed E-state index contributed by atoms with van der Waals surface area (Å²) in [7, 11) is 0. The molecule has 0 radical (unpaired) electrons. The van der Waals surface area contributed by atoms with E-state index in [4.69, 9.17) is 0 Å². The van der Waals surface area contributed by atoms with Gasteiger partial charge in [0.05, 0.1) is 5.69 Å². The third kappa shape index (κ3) is 1.35. The van der Waals surface area contributed by atoms with Crippen molar-refractivity contribution < 1.29 is 0 Å². The number of hydrogen-bond donors (Lipinski definition) is 1. The normalized spacial score (nSPS) is 10.4. The Morgan fingerprint density at radius 2 is 2.14 bits per heavy atom. The van der Waals surface area contributed by atoms with Crippen LogP contribution in [0.3, 0.4) is 0 Å². The molecule has 0 aliphatic heterocycles. The molecule has 2 rings (SSSR count). The molecule has 0 atom stereocenters. The van der Waals surface area contributed by atoms with E-state index < -0.39 is 0 Å². The van der Waals surface area contributed by atoms with Crippen LogP contribution in [0.2, 0.25) is 0 Å². The summed E-state index contributed by atoms with van der Waals surface area (Å²) in [5, 5.41) is 3.94. The molecule has 0 unspecified atom stereocenters. The number of nitrogens with one attached hydrogen (secondary N) is 1. The molecule has 0 spiro atoms. The lowest BCUT2D eigenvalue weighted by Crippen LogP contribution is -2.17. The summed E-state index contributed by atoms with van der Waals surface area (Å²) >= 11 is 0. The van der Waals surface area contributed by atoms with Crippen LogP contribution in [0.5, 0.6) is 0 Å². The third-order valence-electron chi connectivity index (χ3n) is 2.15. The molecule has 0 fully saturated rings. The van der Waals surface area contributed by atoms with E-state index in [1.54, 1.807) is 0 Å². The molecule has 72 valence electrons. The van der Waals surface area contributed by atoms with Gasteiger partial charge in [0, 0.05) is 0 Å². The van der Waals surface area contributed by atoms with Gasteiger partial charge in [0.1, 0.15) is 6.33 Å². The summed E-state index contributed by atoms with van der Waals surface area (Å²) in [6.45, 7) is 3.94. The molecule has 0 amide bonds. The molecule has 14 heavy (non-hydrogen) atoms. The number of nitrogens with zero attached hydrogens (tertiary/aromatic N) is 2. The van der Waals surface area contributed by atoms with Gasteiger partial charge in [-0.2, -0.15) is 9.78 Å². The van der Waals surface area contributed by atoms with Gasteiger partial charge in [0.15, 0.2) is 0 Å². The van der Waals surface area contributed by atoms with E-state index in [1.807, 2.05) is 32.0 Å². The molecule has 0 aliphatic carbocycles. The van der Waals surface area contributed by atoms with E-state index in [2.05, 4.69) is 10.1 Å². The second-order valence-electron chi connectivity index (χ2n) is 3.30. The highest BCUT2D eigenvalue weighted by Gasteiger charge is 2.04. The summed E-state index contributed by atoms with van der Waals surface area (Å²) in [5.41, 5.74) is 2.76. The van der Waals surface area contributed by atoms with Gasteiger partial charge in [0.2, 0.25) is 0 Å². The largest absolute Gasteiger partial charge is 0.347 e. The Bertz CT molecular complexity index is 510. The van der Waals surface area contributed by atoms with Gasteiger partial charge in [-0.25, -0.2) is 4.79 Å². The number of hydrogen-bond acceptors (Lipinski definition) is 2. The molecule has 0 aliphatic rings. The van der Waals surface area contributed by atoms with Gasteiger partial charge < -0.3 is 0 Å². The molecule has 0 saturated heterocycles. The lowest BCUT2D eigenvalue weighted by Gasteiger charge is -2.04. The van der Waals surface area contributed by atoms with Gasteiger partial charge in [0.25, 0.3) is 0 Å². The topological polar surface area (TPSA) is 50.7 Å². The van der Waals surface area contributed by atoms with Crippen LogP contribution in [0.25, 0.3) is 5.69 Å². The molecule has 0 saturated carbocycles. The van der Waals surface area contributed by atoms with Crippen molar-refractivity contribution in [1.29, 1.82) is 0 Å². The predicted molar refractivity (Wildman–Crippen MR) is 53.7 cm³/mol. The molecule has 4 heteroatoms. The van der Waals surface area contributed by atoms with Crippen molar-refractivity contribution in [3.05, 3.63) is 46.1 Å². The maximum Gasteiger partial charge on any atom is 0.347 e. The van der Waals surface area contributed by atoms with Crippen LogP contribution in [-0.2, 0) is 0 Å². The Kier molecular flexibility index (Phi) is 1.96. The number of aryl methyl sites for hydroxylation is 2. The fraction of sp³-hybridized carbons (Fsp3) is 0.200. The van der Waals surface area contributed by atoms with Crippen molar-refractivity contribution in [2.45, 2.75) is 13.8 Å². The lowest BCUT2D eigenvalue weighted by molar-refractivity contribution is 0.835. The summed E-state index contributed by atoms with van der Waals surface area (Å²) in [6.07, 6.45) is 1.39. The first-order chi connectivity index (χ1) is 6.68. The van der Waals surface area contributed by atoms with Crippen LogP contribution in [-0.4, -0.2) is 14.8 Å². The second-order valence-corrected chi connectivity index (χ2v) is 3.30. The van der Waals surface area contributed by atoms with Crippen molar-refractivity contribution in [2.75, 3.05) is 0 Å². The molecule has 1 aromatic carbocycles. The van der Waals surface area contributed by atoms with Crippen LogP contribution in [0.1, 0.15) is 11.1 Å². The smallest absolute Gasteiger partial charge is 0.295 e. The molecular weight excluding hydrogens is 178 g/mol. The minimum Gasteiger partial charge on any atom is -0.295 e. The average Bonchev–Trinajstić information content (AvgIpc) is 2.56. The minimum absolute atomic E-state index is 0.210. The quantitative estimate of drug-likeness (QED) is 0.732. The van der Waals surface area contributed by atoms with Gasteiger partial charge in [-0.1, -0.05) is 12.1 Å². The molecule has 1 aromatic heterocycles. The molecule has 1 heterocycles. The van der Waals surface area contributed by atoms with E-state index in [1.165, 1.54) is 11.0 Å². The maximum atomic E-state index is 11.3. The van der Waals surface area contributed by atoms with Gasteiger partial charge in [-0.3, -0.25) is 4.98 Å². The van der Waals surface area contributed by atoms with Crippen molar-refractivity contribution in [3.63, 3.8) is 0 Å². The highest BCUT2D eigenvalue weighted by molar-refractivity contribution is 5.41. The zero-order valence-electron chi connectivity index (χ0n) is 8.11. The Morgan fingerprint density at radius 3 is 2.79 bits per heavy atom. The Hall–Kier alpha value is -1.84. The second kappa shape index (κ2) is 3.14. The van der Waals surface area contributed by atoms with Crippen LogP contribution >= 0.6 is 0 Å². The van der Waals surface area contributed by atoms with Crippen molar-refractivity contribution >= 4 is 0 Å². The molecule has 2 aromatic rings.